The number of urea groups is 1. The first-order valence-electron chi connectivity index (χ1n) is 8.23. The third-order valence-electron chi connectivity index (χ3n) is 3.33. The highest BCUT2D eigenvalue weighted by atomic mass is 79.9. The number of halogens is 1. The Labute approximate surface area is 173 Å². The van der Waals surface area contributed by atoms with Crippen LogP contribution in [0.3, 0.4) is 0 Å². The average Bonchev–Trinajstić information content (AvgIpc) is 3.18. The third-order valence-corrected chi connectivity index (χ3v) is 4.76. The molecule has 0 aliphatic carbocycles. The maximum Gasteiger partial charge on any atom is 0.325 e. The van der Waals surface area contributed by atoms with Crippen molar-refractivity contribution < 1.29 is 23.9 Å². The Bertz CT molecular complexity index is 842. The Balaban J connectivity index is 1.60. The van der Waals surface area contributed by atoms with Gasteiger partial charge in [0, 0.05) is 21.5 Å². The smallest absolute Gasteiger partial charge is 0.325 e. The molecule has 4 amide bonds. The minimum atomic E-state index is -0.795. The molecule has 0 fully saturated rings. The summed E-state index contributed by atoms with van der Waals surface area (Å²) in [6.07, 6.45) is 0.659. The molecule has 1 aromatic carbocycles. The normalized spacial score (nSPS) is 10.0. The molecule has 1 aromatic heterocycles. The zero-order chi connectivity index (χ0) is 20.4. The highest BCUT2D eigenvalue weighted by Crippen LogP contribution is 2.11. The van der Waals surface area contributed by atoms with Gasteiger partial charge in [-0.05, 0) is 36.1 Å². The summed E-state index contributed by atoms with van der Waals surface area (Å²) < 4.78 is 5.45. The molecule has 2 aromatic rings. The van der Waals surface area contributed by atoms with Crippen molar-refractivity contribution in [2.45, 2.75) is 6.42 Å². The van der Waals surface area contributed by atoms with E-state index in [0.717, 1.165) is 9.35 Å². The van der Waals surface area contributed by atoms with Gasteiger partial charge >= 0.3 is 12.0 Å². The Hall–Kier alpha value is -2.72. The number of ether oxygens (including phenoxy) is 1. The third kappa shape index (κ3) is 7.89. The zero-order valence-corrected chi connectivity index (χ0v) is 17.1. The molecule has 1 heterocycles. The van der Waals surface area contributed by atoms with Crippen LogP contribution >= 0.6 is 27.3 Å². The van der Waals surface area contributed by atoms with Crippen molar-refractivity contribution >= 4 is 51.1 Å². The lowest BCUT2D eigenvalue weighted by Gasteiger charge is -2.08. The summed E-state index contributed by atoms with van der Waals surface area (Å²) in [5.41, 5.74) is 0.374. The Morgan fingerprint density at radius 1 is 1.07 bits per heavy atom. The number of rotatable bonds is 8. The molecule has 0 saturated heterocycles. The molecular weight excluding hydrogens is 450 g/mol. The van der Waals surface area contributed by atoms with E-state index in [4.69, 9.17) is 4.74 Å². The van der Waals surface area contributed by atoms with Gasteiger partial charge in [-0.2, -0.15) is 0 Å². The minimum absolute atomic E-state index is 0.374. The van der Waals surface area contributed by atoms with Gasteiger partial charge in [0.2, 0.25) is 0 Å². The van der Waals surface area contributed by atoms with Crippen LogP contribution in [0.15, 0.2) is 46.3 Å². The van der Waals surface area contributed by atoms with Crippen LogP contribution in [0.5, 0.6) is 0 Å². The standard InChI is InChI=1S/C18H18BrN3O5S/c19-13-4-1-3-12(9-13)17(25)21-10-16(24)27-11-15(23)22-18(26)20-7-6-14-5-2-8-28-14/h1-5,8-9H,6-7,10-11H2,(H,21,25)(H2,20,22,23,26). The number of hydrogen-bond donors (Lipinski definition) is 3. The van der Waals surface area contributed by atoms with Crippen molar-refractivity contribution in [3.05, 3.63) is 56.7 Å². The van der Waals surface area contributed by atoms with E-state index in [0.29, 0.717) is 18.5 Å². The van der Waals surface area contributed by atoms with Gasteiger partial charge in [-0.3, -0.25) is 19.7 Å². The molecule has 2 rings (SSSR count). The van der Waals surface area contributed by atoms with Gasteiger partial charge in [-0.15, -0.1) is 11.3 Å². The van der Waals surface area contributed by atoms with Crippen LogP contribution in [0.1, 0.15) is 15.2 Å². The van der Waals surface area contributed by atoms with Gasteiger partial charge in [0.05, 0.1) is 0 Å². The lowest BCUT2D eigenvalue weighted by Crippen LogP contribution is -2.42. The van der Waals surface area contributed by atoms with E-state index >= 15 is 0 Å². The molecule has 0 aliphatic heterocycles. The molecule has 0 radical (unpaired) electrons. The van der Waals surface area contributed by atoms with E-state index in [1.807, 2.05) is 17.5 Å². The number of esters is 1. The number of hydrogen-bond acceptors (Lipinski definition) is 6. The predicted octanol–water partition coefficient (Wildman–Crippen LogP) is 1.85. The maximum atomic E-state index is 11.9. The second kappa shape index (κ2) is 11.2. The van der Waals surface area contributed by atoms with Gasteiger partial charge in [0.25, 0.3) is 11.8 Å². The van der Waals surface area contributed by atoms with Crippen molar-refractivity contribution in [1.82, 2.24) is 16.0 Å². The van der Waals surface area contributed by atoms with Crippen LogP contribution in [-0.2, 0) is 20.7 Å². The number of imide groups is 1. The van der Waals surface area contributed by atoms with Gasteiger partial charge in [0.1, 0.15) is 6.54 Å². The molecule has 148 valence electrons. The monoisotopic (exact) mass is 467 g/mol. The lowest BCUT2D eigenvalue weighted by atomic mass is 10.2. The second-order valence-corrected chi connectivity index (χ2v) is 7.44. The molecule has 0 spiro atoms. The predicted molar refractivity (Wildman–Crippen MR) is 107 cm³/mol. The molecule has 10 heteroatoms. The molecule has 0 saturated carbocycles. The summed E-state index contributed by atoms with van der Waals surface area (Å²) in [6, 6.07) is 9.85. The fourth-order valence-electron chi connectivity index (χ4n) is 2.04. The van der Waals surface area contributed by atoms with Crippen LogP contribution in [0.25, 0.3) is 0 Å². The van der Waals surface area contributed by atoms with Crippen LogP contribution < -0.4 is 16.0 Å². The number of carbonyl (C=O) groups excluding carboxylic acids is 4. The zero-order valence-electron chi connectivity index (χ0n) is 14.7. The Morgan fingerprint density at radius 3 is 2.61 bits per heavy atom. The first-order valence-corrected chi connectivity index (χ1v) is 9.91. The van der Waals surface area contributed by atoms with Crippen molar-refractivity contribution in [3.63, 3.8) is 0 Å². The van der Waals surface area contributed by atoms with Crippen molar-refractivity contribution in [1.29, 1.82) is 0 Å². The quantitative estimate of drug-likeness (QED) is 0.512. The van der Waals surface area contributed by atoms with Gasteiger partial charge < -0.3 is 15.4 Å². The molecule has 0 atom stereocenters. The van der Waals surface area contributed by atoms with Gasteiger partial charge in [0.15, 0.2) is 6.61 Å². The van der Waals surface area contributed by atoms with Crippen molar-refractivity contribution in [3.8, 4) is 0 Å². The molecule has 0 aliphatic rings. The number of carbonyl (C=O) groups is 4. The average molecular weight is 468 g/mol. The molecular formula is C18H18BrN3O5S. The summed E-state index contributed by atoms with van der Waals surface area (Å²) in [6.45, 7) is -0.642. The Kier molecular flexibility index (Phi) is 8.63. The summed E-state index contributed by atoms with van der Waals surface area (Å²) in [5, 5.41) is 8.92. The van der Waals surface area contributed by atoms with E-state index in [1.54, 1.807) is 35.6 Å². The van der Waals surface area contributed by atoms with E-state index in [2.05, 4.69) is 31.9 Å². The van der Waals surface area contributed by atoms with Crippen LogP contribution in [0, 0.1) is 0 Å². The molecule has 0 unspecified atom stereocenters. The van der Waals surface area contributed by atoms with Gasteiger partial charge in [-0.25, -0.2) is 4.79 Å². The summed E-state index contributed by atoms with van der Waals surface area (Å²) >= 11 is 4.83. The SMILES string of the molecule is O=C(COC(=O)CNC(=O)c1cccc(Br)c1)NC(=O)NCCc1cccs1. The fourth-order valence-corrected chi connectivity index (χ4v) is 3.15. The summed E-state index contributed by atoms with van der Waals surface area (Å²) in [4.78, 5) is 47.8. The van der Waals surface area contributed by atoms with E-state index in [1.165, 1.54) is 0 Å². The lowest BCUT2D eigenvalue weighted by molar-refractivity contribution is -0.147. The van der Waals surface area contributed by atoms with E-state index < -0.39 is 37.0 Å². The first-order chi connectivity index (χ1) is 13.4. The van der Waals surface area contributed by atoms with E-state index in [-0.39, 0.29) is 0 Å². The number of nitrogens with one attached hydrogen (secondary N) is 3. The Morgan fingerprint density at radius 2 is 1.89 bits per heavy atom. The molecule has 8 nitrogen and oxygen atoms in total. The van der Waals surface area contributed by atoms with Crippen LogP contribution in [0.4, 0.5) is 4.79 Å². The molecule has 28 heavy (non-hydrogen) atoms. The van der Waals surface area contributed by atoms with Crippen LogP contribution in [0.2, 0.25) is 0 Å². The van der Waals surface area contributed by atoms with Crippen LogP contribution in [-0.4, -0.2) is 43.5 Å². The largest absolute Gasteiger partial charge is 0.454 e. The van der Waals surface area contributed by atoms with Gasteiger partial charge in [-0.1, -0.05) is 28.1 Å². The number of amides is 4. The first kappa shape index (κ1) is 21.6. The fraction of sp³-hybridized carbons (Fsp3) is 0.222. The van der Waals surface area contributed by atoms with Crippen molar-refractivity contribution in [2.24, 2.45) is 0 Å². The highest BCUT2D eigenvalue weighted by Gasteiger charge is 2.12. The molecule has 3 N–H and O–H groups in total. The summed E-state index contributed by atoms with van der Waals surface area (Å²) in [7, 11) is 0. The summed E-state index contributed by atoms with van der Waals surface area (Å²) in [5.74, 6) is -2.01. The number of thiophene rings is 1. The topological polar surface area (TPSA) is 114 Å². The van der Waals surface area contributed by atoms with Crippen molar-refractivity contribution in [2.75, 3.05) is 19.7 Å². The molecule has 0 bridgehead atoms. The minimum Gasteiger partial charge on any atom is -0.454 e. The highest BCUT2D eigenvalue weighted by molar-refractivity contribution is 9.10. The number of benzene rings is 1. The van der Waals surface area contributed by atoms with E-state index in [9.17, 15) is 19.2 Å². The maximum absolute atomic E-state index is 11.9. The second-order valence-electron chi connectivity index (χ2n) is 5.49.